The molecule has 0 saturated heterocycles. The zero-order valence-electron chi connectivity index (χ0n) is 10.2. The summed E-state index contributed by atoms with van der Waals surface area (Å²) in [5.74, 6) is -0.816. The summed E-state index contributed by atoms with van der Waals surface area (Å²) in [5.41, 5.74) is 3.08. The van der Waals surface area contributed by atoms with Crippen LogP contribution in [0.4, 0.5) is 0 Å². The number of carboxylic acid groups (broad SMARTS) is 1. The van der Waals surface area contributed by atoms with Gasteiger partial charge in [0.15, 0.2) is 0 Å². The van der Waals surface area contributed by atoms with Crippen LogP contribution in [0.1, 0.15) is 23.2 Å². The van der Waals surface area contributed by atoms with Crippen molar-refractivity contribution in [3.8, 4) is 0 Å². The number of hydrogen-bond donors (Lipinski definition) is 1. The summed E-state index contributed by atoms with van der Waals surface area (Å²) in [6, 6.07) is 8.18. The van der Waals surface area contributed by atoms with Crippen LogP contribution in [-0.2, 0) is 17.8 Å². The Kier molecular flexibility index (Phi) is 3.72. The molecule has 0 spiro atoms. The quantitative estimate of drug-likeness (QED) is 0.869. The van der Waals surface area contributed by atoms with Gasteiger partial charge in [0.25, 0.3) is 0 Å². The van der Waals surface area contributed by atoms with Crippen molar-refractivity contribution in [1.82, 2.24) is 15.0 Å². The number of carbonyl (C=O) groups is 1. The summed E-state index contributed by atoms with van der Waals surface area (Å²) in [5, 5.41) is 16.5. The lowest BCUT2D eigenvalue weighted by Crippen LogP contribution is -2.00. The molecule has 1 N–H and O–H groups in total. The highest BCUT2D eigenvalue weighted by Crippen LogP contribution is 2.06. The first-order valence-electron chi connectivity index (χ1n) is 5.80. The molecule has 2 aromatic rings. The van der Waals surface area contributed by atoms with E-state index in [2.05, 4.69) is 16.4 Å². The molecule has 18 heavy (non-hydrogen) atoms. The predicted octanol–water partition coefficient (Wildman–Crippen LogP) is 1.65. The number of rotatable bonds is 5. The number of aryl methyl sites for hydroxylation is 2. The molecule has 0 unspecified atom stereocenters. The van der Waals surface area contributed by atoms with Gasteiger partial charge >= 0.3 is 5.97 Å². The monoisotopic (exact) mass is 245 g/mol. The molecule has 0 aliphatic heterocycles. The van der Waals surface area contributed by atoms with Crippen molar-refractivity contribution in [3.05, 3.63) is 47.3 Å². The minimum Gasteiger partial charge on any atom is -0.481 e. The molecular weight excluding hydrogens is 230 g/mol. The summed E-state index contributed by atoms with van der Waals surface area (Å²) in [6.07, 6.45) is 2.30. The average Bonchev–Trinajstić information content (AvgIpc) is 2.74. The fourth-order valence-corrected chi connectivity index (χ4v) is 1.76. The Hall–Kier alpha value is -2.17. The van der Waals surface area contributed by atoms with Crippen molar-refractivity contribution in [2.45, 2.75) is 26.3 Å². The highest BCUT2D eigenvalue weighted by atomic mass is 16.4. The number of carboxylic acids is 1. The van der Waals surface area contributed by atoms with Crippen molar-refractivity contribution in [3.63, 3.8) is 0 Å². The Morgan fingerprint density at radius 3 is 3.00 bits per heavy atom. The molecule has 2 rings (SSSR count). The van der Waals surface area contributed by atoms with Crippen LogP contribution >= 0.6 is 0 Å². The summed E-state index contributed by atoms with van der Waals surface area (Å²) in [6.45, 7) is 2.70. The van der Waals surface area contributed by atoms with E-state index >= 15 is 0 Å². The Morgan fingerprint density at radius 2 is 2.28 bits per heavy atom. The maximum Gasteiger partial charge on any atom is 0.303 e. The van der Waals surface area contributed by atoms with Crippen LogP contribution in [0.2, 0.25) is 0 Å². The van der Waals surface area contributed by atoms with E-state index in [1.54, 1.807) is 10.9 Å². The Morgan fingerprint density at radius 1 is 1.44 bits per heavy atom. The third-order valence-electron chi connectivity index (χ3n) is 2.61. The van der Waals surface area contributed by atoms with Gasteiger partial charge in [0.1, 0.15) is 0 Å². The molecule has 0 aliphatic rings. The molecule has 0 radical (unpaired) electrons. The van der Waals surface area contributed by atoms with Crippen LogP contribution in [0.5, 0.6) is 0 Å². The molecule has 0 bridgehead atoms. The zero-order valence-corrected chi connectivity index (χ0v) is 10.2. The molecular formula is C13H15N3O2. The van der Waals surface area contributed by atoms with Crippen LogP contribution in [0, 0.1) is 6.92 Å². The van der Waals surface area contributed by atoms with Crippen LogP contribution in [0.15, 0.2) is 30.5 Å². The fourth-order valence-electron chi connectivity index (χ4n) is 1.76. The van der Waals surface area contributed by atoms with Crippen LogP contribution in [0.25, 0.3) is 0 Å². The summed E-state index contributed by atoms with van der Waals surface area (Å²) >= 11 is 0. The first kappa shape index (κ1) is 12.3. The smallest absolute Gasteiger partial charge is 0.303 e. The standard InChI is InChI=1S/C13H15N3O2/c1-10-3-2-4-11(7-10)8-16-9-12(14-15-16)5-6-13(17)18/h2-4,7,9H,5-6,8H2,1H3,(H,17,18). The maximum atomic E-state index is 10.5. The molecule has 0 amide bonds. The molecule has 1 heterocycles. The molecule has 0 fully saturated rings. The van der Waals surface area contributed by atoms with Gasteiger partial charge in [-0.2, -0.15) is 0 Å². The van der Waals surface area contributed by atoms with E-state index in [1.807, 2.05) is 25.1 Å². The van der Waals surface area contributed by atoms with Crippen molar-refractivity contribution >= 4 is 5.97 Å². The van der Waals surface area contributed by atoms with Crippen molar-refractivity contribution in [2.75, 3.05) is 0 Å². The van der Waals surface area contributed by atoms with Gasteiger partial charge in [0, 0.05) is 12.6 Å². The van der Waals surface area contributed by atoms with E-state index < -0.39 is 5.97 Å². The van der Waals surface area contributed by atoms with E-state index in [1.165, 1.54) is 5.56 Å². The molecule has 1 aromatic carbocycles. The lowest BCUT2D eigenvalue weighted by Gasteiger charge is -2.01. The summed E-state index contributed by atoms with van der Waals surface area (Å²) in [7, 11) is 0. The molecule has 0 saturated carbocycles. The minimum absolute atomic E-state index is 0.0864. The normalized spacial score (nSPS) is 10.5. The van der Waals surface area contributed by atoms with E-state index in [0.717, 1.165) is 5.56 Å². The highest BCUT2D eigenvalue weighted by molar-refractivity contribution is 5.66. The SMILES string of the molecule is Cc1cccc(Cn2cc(CCC(=O)O)nn2)c1. The van der Waals surface area contributed by atoms with Crippen LogP contribution in [0.3, 0.4) is 0 Å². The van der Waals surface area contributed by atoms with Gasteiger partial charge in [-0.05, 0) is 12.5 Å². The lowest BCUT2D eigenvalue weighted by molar-refractivity contribution is -0.136. The first-order valence-corrected chi connectivity index (χ1v) is 5.80. The predicted molar refractivity (Wildman–Crippen MR) is 66.3 cm³/mol. The zero-order chi connectivity index (χ0) is 13.0. The second-order valence-electron chi connectivity index (χ2n) is 4.29. The maximum absolute atomic E-state index is 10.5. The van der Waals surface area contributed by atoms with Gasteiger partial charge in [-0.15, -0.1) is 5.10 Å². The number of aromatic nitrogens is 3. The summed E-state index contributed by atoms with van der Waals surface area (Å²) in [4.78, 5) is 10.5. The summed E-state index contributed by atoms with van der Waals surface area (Å²) < 4.78 is 1.73. The van der Waals surface area contributed by atoms with Crippen LogP contribution < -0.4 is 0 Å². The van der Waals surface area contributed by atoms with Gasteiger partial charge in [-0.25, -0.2) is 4.68 Å². The number of hydrogen-bond acceptors (Lipinski definition) is 3. The molecule has 5 nitrogen and oxygen atoms in total. The first-order chi connectivity index (χ1) is 8.63. The fraction of sp³-hybridized carbons (Fsp3) is 0.308. The van der Waals surface area contributed by atoms with E-state index in [0.29, 0.717) is 18.7 Å². The van der Waals surface area contributed by atoms with Crippen molar-refractivity contribution in [2.24, 2.45) is 0 Å². The molecule has 5 heteroatoms. The van der Waals surface area contributed by atoms with E-state index in [9.17, 15) is 4.79 Å². The van der Waals surface area contributed by atoms with Gasteiger partial charge in [-0.3, -0.25) is 4.79 Å². The highest BCUT2D eigenvalue weighted by Gasteiger charge is 2.04. The number of aliphatic carboxylic acids is 1. The minimum atomic E-state index is -0.816. The second kappa shape index (κ2) is 5.44. The molecule has 0 aliphatic carbocycles. The Labute approximate surface area is 105 Å². The van der Waals surface area contributed by atoms with Crippen molar-refractivity contribution < 1.29 is 9.90 Å². The number of nitrogens with zero attached hydrogens (tertiary/aromatic N) is 3. The lowest BCUT2D eigenvalue weighted by atomic mass is 10.1. The van der Waals surface area contributed by atoms with Gasteiger partial charge < -0.3 is 5.11 Å². The van der Waals surface area contributed by atoms with E-state index in [-0.39, 0.29) is 6.42 Å². The molecule has 1 aromatic heterocycles. The van der Waals surface area contributed by atoms with Crippen molar-refractivity contribution in [1.29, 1.82) is 0 Å². The topological polar surface area (TPSA) is 68.0 Å². The third kappa shape index (κ3) is 3.41. The van der Waals surface area contributed by atoms with E-state index in [4.69, 9.17) is 5.11 Å². The Balaban J connectivity index is 2.00. The Bertz CT molecular complexity index is 549. The van der Waals surface area contributed by atoms with Crippen LogP contribution in [-0.4, -0.2) is 26.1 Å². The third-order valence-corrected chi connectivity index (χ3v) is 2.61. The average molecular weight is 245 g/mol. The van der Waals surface area contributed by atoms with Gasteiger partial charge in [0.2, 0.25) is 0 Å². The molecule has 94 valence electrons. The number of benzene rings is 1. The van der Waals surface area contributed by atoms with Gasteiger partial charge in [-0.1, -0.05) is 35.0 Å². The molecule has 0 atom stereocenters. The largest absolute Gasteiger partial charge is 0.481 e. The second-order valence-corrected chi connectivity index (χ2v) is 4.29. The van der Waals surface area contributed by atoms with Gasteiger partial charge in [0.05, 0.1) is 18.7 Å².